The number of thiophene rings is 1. The molecular weight excluding hydrogens is 399 g/mol. The monoisotopic (exact) mass is 422 g/mol. The normalized spacial score (nSPS) is 11.2. The first-order valence-corrected chi connectivity index (χ1v) is 10.5. The van der Waals surface area contributed by atoms with Gasteiger partial charge in [-0.3, -0.25) is 9.59 Å². The SMILES string of the molecule is Cc1ccc(C(=O)N/C(=C/c2cccs2)C(=O)NCCc2ccccc2F)cc1C. The highest BCUT2D eigenvalue weighted by atomic mass is 32.1. The first-order valence-electron chi connectivity index (χ1n) is 9.59. The average molecular weight is 423 g/mol. The third-order valence-electron chi connectivity index (χ3n) is 4.73. The summed E-state index contributed by atoms with van der Waals surface area (Å²) in [6, 6.07) is 15.6. The maximum atomic E-state index is 13.8. The molecule has 0 unspecified atom stereocenters. The summed E-state index contributed by atoms with van der Waals surface area (Å²) in [5.41, 5.74) is 3.25. The van der Waals surface area contributed by atoms with Crippen LogP contribution in [-0.2, 0) is 11.2 Å². The average Bonchev–Trinajstić information content (AvgIpc) is 3.24. The number of benzene rings is 2. The van der Waals surface area contributed by atoms with Crippen molar-refractivity contribution in [2.75, 3.05) is 6.54 Å². The number of halogens is 1. The Labute approximate surface area is 179 Å². The van der Waals surface area contributed by atoms with Crippen molar-refractivity contribution in [1.82, 2.24) is 10.6 Å². The van der Waals surface area contributed by atoms with Crippen molar-refractivity contribution in [2.45, 2.75) is 20.3 Å². The smallest absolute Gasteiger partial charge is 0.267 e. The van der Waals surface area contributed by atoms with Gasteiger partial charge in [0.15, 0.2) is 0 Å². The van der Waals surface area contributed by atoms with Crippen LogP contribution in [0.2, 0.25) is 0 Å². The second kappa shape index (κ2) is 9.98. The van der Waals surface area contributed by atoms with E-state index in [2.05, 4.69) is 10.6 Å². The molecule has 0 aliphatic rings. The molecule has 0 aliphatic carbocycles. The highest BCUT2D eigenvalue weighted by Gasteiger charge is 2.15. The van der Waals surface area contributed by atoms with E-state index in [9.17, 15) is 14.0 Å². The molecule has 6 heteroatoms. The molecule has 0 spiro atoms. The van der Waals surface area contributed by atoms with Crippen LogP contribution in [-0.4, -0.2) is 18.4 Å². The molecule has 0 saturated heterocycles. The quantitative estimate of drug-likeness (QED) is 0.545. The van der Waals surface area contributed by atoms with E-state index < -0.39 is 5.91 Å². The zero-order valence-corrected chi connectivity index (χ0v) is 17.7. The lowest BCUT2D eigenvalue weighted by Crippen LogP contribution is -2.35. The lowest BCUT2D eigenvalue weighted by molar-refractivity contribution is -0.117. The van der Waals surface area contributed by atoms with Crippen molar-refractivity contribution in [3.8, 4) is 0 Å². The summed E-state index contributed by atoms with van der Waals surface area (Å²) in [4.78, 5) is 26.3. The number of carbonyl (C=O) groups is 2. The number of nitrogens with one attached hydrogen (secondary N) is 2. The number of rotatable bonds is 7. The van der Waals surface area contributed by atoms with Crippen LogP contribution in [0.15, 0.2) is 65.7 Å². The maximum Gasteiger partial charge on any atom is 0.267 e. The van der Waals surface area contributed by atoms with Gasteiger partial charge in [-0.25, -0.2) is 4.39 Å². The molecule has 2 N–H and O–H groups in total. The van der Waals surface area contributed by atoms with E-state index >= 15 is 0 Å². The van der Waals surface area contributed by atoms with E-state index in [1.165, 1.54) is 17.4 Å². The lowest BCUT2D eigenvalue weighted by Gasteiger charge is -2.12. The summed E-state index contributed by atoms with van der Waals surface area (Å²) < 4.78 is 13.8. The van der Waals surface area contributed by atoms with Gasteiger partial charge in [0.1, 0.15) is 11.5 Å². The van der Waals surface area contributed by atoms with Crippen molar-refractivity contribution in [2.24, 2.45) is 0 Å². The first kappa shape index (κ1) is 21.5. The van der Waals surface area contributed by atoms with Crippen LogP contribution < -0.4 is 10.6 Å². The van der Waals surface area contributed by atoms with Gasteiger partial charge in [0.25, 0.3) is 11.8 Å². The minimum atomic E-state index is -0.420. The van der Waals surface area contributed by atoms with E-state index in [-0.39, 0.29) is 24.0 Å². The minimum Gasteiger partial charge on any atom is -0.350 e. The fourth-order valence-corrected chi connectivity index (χ4v) is 3.52. The molecule has 30 heavy (non-hydrogen) atoms. The minimum absolute atomic E-state index is 0.147. The Morgan fingerprint density at radius 3 is 2.53 bits per heavy atom. The maximum absolute atomic E-state index is 13.8. The molecule has 1 aromatic heterocycles. The molecule has 0 bridgehead atoms. The summed E-state index contributed by atoms with van der Waals surface area (Å²) >= 11 is 1.46. The molecule has 0 fully saturated rings. The predicted octanol–water partition coefficient (Wildman–Crippen LogP) is 4.63. The van der Waals surface area contributed by atoms with E-state index in [1.807, 2.05) is 37.4 Å². The summed E-state index contributed by atoms with van der Waals surface area (Å²) in [6.45, 7) is 4.16. The predicted molar refractivity (Wildman–Crippen MR) is 119 cm³/mol. The van der Waals surface area contributed by atoms with Crippen LogP contribution in [0.3, 0.4) is 0 Å². The second-order valence-corrected chi connectivity index (χ2v) is 7.90. The molecule has 3 aromatic rings. The lowest BCUT2D eigenvalue weighted by atomic mass is 10.1. The highest BCUT2D eigenvalue weighted by molar-refractivity contribution is 7.10. The number of hydrogen-bond donors (Lipinski definition) is 2. The Hall–Kier alpha value is -3.25. The number of amides is 2. The molecule has 154 valence electrons. The fourth-order valence-electron chi connectivity index (χ4n) is 2.86. The summed E-state index contributed by atoms with van der Waals surface area (Å²) in [6.07, 6.45) is 2.00. The Balaban J connectivity index is 1.72. The van der Waals surface area contributed by atoms with Gasteiger partial charge in [-0.1, -0.05) is 30.3 Å². The number of aryl methyl sites for hydroxylation is 2. The van der Waals surface area contributed by atoms with Gasteiger partial charge in [0.05, 0.1) is 0 Å². The Kier molecular flexibility index (Phi) is 7.14. The Bertz CT molecular complexity index is 1070. The van der Waals surface area contributed by atoms with Crippen LogP contribution in [0.4, 0.5) is 4.39 Å². The van der Waals surface area contributed by atoms with Crippen LogP contribution in [0.25, 0.3) is 6.08 Å². The highest BCUT2D eigenvalue weighted by Crippen LogP contribution is 2.14. The van der Waals surface area contributed by atoms with Crippen LogP contribution in [0, 0.1) is 19.7 Å². The number of carbonyl (C=O) groups excluding carboxylic acids is 2. The molecule has 2 amide bonds. The van der Waals surface area contributed by atoms with Crippen LogP contribution in [0.5, 0.6) is 0 Å². The van der Waals surface area contributed by atoms with Crippen molar-refractivity contribution >= 4 is 29.2 Å². The van der Waals surface area contributed by atoms with Gasteiger partial charge in [0.2, 0.25) is 0 Å². The molecule has 0 saturated carbocycles. The Morgan fingerprint density at radius 1 is 1.03 bits per heavy atom. The van der Waals surface area contributed by atoms with Crippen molar-refractivity contribution in [3.05, 3.63) is 98.6 Å². The zero-order valence-electron chi connectivity index (χ0n) is 16.9. The van der Waals surface area contributed by atoms with Crippen molar-refractivity contribution in [1.29, 1.82) is 0 Å². The van der Waals surface area contributed by atoms with Gasteiger partial charge in [-0.05, 0) is 72.7 Å². The van der Waals surface area contributed by atoms with Crippen LogP contribution >= 0.6 is 11.3 Å². The molecule has 4 nitrogen and oxygen atoms in total. The molecule has 1 heterocycles. The molecular formula is C24H23FN2O2S. The summed E-state index contributed by atoms with van der Waals surface area (Å²) in [7, 11) is 0. The Morgan fingerprint density at radius 2 is 1.83 bits per heavy atom. The van der Waals surface area contributed by atoms with E-state index in [0.29, 0.717) is 17.5 Å². The van der Waals surface area contributed by atoms with Gasteiger partial charge < -0.3 is 10.6 Å². The van der Waals surface area contributed by atoms with E-state index in [4.69, 9.17) is 0 Å². The van der Waals surface area contributed by atoms with Gasteiger partial charge >= 0.3 is 0 Å². The third-order valence-corrected chi connectivity index (χ3v) is 5.55. The zero-order chi connectivity index (χ0) is 21.5. The molecule has 0 aliphatic heterocycles. The molecule has 2 aromatic carbocycles. The standard InChI is InChI=1S/C24H23FN2O2S/c1-16-9-10-19(14-17(16)2)23(28)27-22(15-20-7-5-13-30-20)24(29)26-12-11-18-6-3-4-8-21(18)25/h3-10,13-15H,11-12H2,1-2H3,(H,26,29)(H,27,28)/b22-15+. The molecule has 0 radical (unpaired) electrons. The van der Waals surface area contributed by atoms with Crippen molar-refractivity contribution < 1.29 is 14.0 Å². The number of hydrogen-bond acceptors (Lipinski definition) is 3. The van der Waals surface area contributed by atoms with Gasteiger partial charge in [0, 0.05) is 17.0 Å². The van der Waals surface area contributed by atoms with Crippen molar-refractivity contribution in [3.63, 3.8) is 0 Å². The first-order chi connectivity index (χ1) is 14.4. The van der Waals surface area contributed by atoms with Gasteiger partial charge in [-0.15, -0.1) is 11.3 Å². The summed E-state index contributed by atoms with van der Waals surface area (Å²) in [5.74, 6) is -1.08. The van der Waals surface area contributed by atoms with Gasteiger partial charge in [-0.2, -0.15) is 0 Å². The summed E-state index contributed by atoms with van der Waals surface area (Å²) in [5, 5.41) is 7.38. The van der Waals surface area contributed by atoms with Crippen LogP contribution in [0.1, 0.15) is 31.9 Å². The largest absolute Gasteiger partial charge is 0.350 e. The second-order valence-electron chi connectivity index (χ2n) is 6.92. The third kappa shape index (κ3) is 5.64. The molecule has 0 atom stereocenters. The van der Waals surface area contributed by atoms with E-state index in [0.717, 1.165) is 16.0 Å². The molecule has 3 rings (SSSR count). The topological polar surface area (TPSA) is 58.2 Å². The van der Waals surface area contributed by atoms with E-state index in [1.54, 1.807) is 36.4 Å². The fraction of sp³-hybridized carbons (Fsp3) is 0.167.